The Labute approximate surface area is 161 Å². The van der Waals surface area contributed by atoms with Crippen molar-refractivity contribution in [3.05, 3.63) is 30.3 Å². The number of hydrogen-bond donors (Lipinski definition) is 0. The van der Waals surface area contributed by atoms with E-state index >= 15 is 0 Å². The molecule has 3 rings (SSSR count). The SMILES string of the molecule is CCCCCC1CCC(C2CCC(N(OC)c3ccccc3)CC2)CC1. The zero-order valence-corrected chi connectivity index (χ0v) is 17.0. The molecule has 0 saturated heterocycles. The maximum Gasteiger partial charge on any atom is 0.0639 e. The van der Waals surface area contributed by atoms with Crippen LogP contribution in [0.15, 0.2) is 30.3 Å². The summed E-state index contributed by atoms with van der Waals surface area (Å²) in [6.45, 7) is 2.32. The topological polar surface area (TPSA) is 12.5 Å². The van der Waals surface area contributed by atoms with Gasteiger partial charge in [-0.05, 0) is 68.4 Å². The van der Waals surface area contributed by atoms with E-state index in [1.807, 2.05) is 7.11 Å². The van der Waals surface area contributed by atoms with Crippen molar-refractivity contribution in [1.82, 2.24) is 0 Å². The third-order valence-corrected chi connectivity index (χ3v) is 7.05. The molecular formula is C24H39NO. The van der Waals surface area contributed by atoms with Gasteiger partial charge in [-0.2, -0.15) is 0 Å². The summed E-state index contributed by atoms with van der Waals surface area (Å²) in [6.07, 6.45) is 17.1. The van der Waals surface area contributed by atoms with Crippen molar-refractivity contribution >= 4 is 5.69 Å². The van der Waals surface area contributed by atoms with Crippen LogP contribution in [0.1, 0.15) is 84.0 Å². The third-order valence-electron chi connectivity index (χ3n) is 7.05. The van der Waals surface area contributed by atoms with Gasteiger partial charge in [0, 0.05) is 0 Å². The van der Waals surface area contributed by atoms with E-state index in [0.29, 0.717) is 6.04 Å². The first-order valence-electron chi connectivity index (χ1n) is 11.2. The normalized spacial score (nSPS) is 29.5. The summed E-state index contributed by atoms with van der Waals surface area (Å²) in [7, 11) is 1.82. The maximum atomic E-state index is 5.75. The van der Waals surface area contributed by atoms with Gasteiger partial charge in [0.2, 0.25) is 0 Å². The second-order valence-electron chi connectivity index (χ2n) is 8.69. The van der Waals surface area contributed by atoms with Crippen LogP contribution in [0.2, 0.25) is 0 Å². The third kappa shape index (κ3) is 5.25. The van der Waals surface area contributed by atoms with Gasteiger partial charge in [-0.15, -0.1) is 0 Å². The average Bonchev–Trinajstić information content (AvgIpc) is 2.71. The number of hydrogen-bond acceptors (Lipinski definition) is 2. The molecule has 1 aromatic carbocycles. The molecule has 0 radical (unpaired) electrons. The molecule has 2 nitrogen and oxygen atoms in total. The summed E-state index contributed by atoms with van der Waals surface area (Å²) in [4.78, 5) is 5.75. The predicted molar refractivity (Wildman–Crippen MR) is 111 cm³/mol. The fourth-order valence-corrected chi connectivity index (χ4v) is 5.48. The van der Waals surface area contributed by atoms with Gasteiger partial charge in [0.25, 0.3) is 0 Å². The van der Waals surface area contributed by atoms with Crippen molar-refractivity contribution in [2.45, 2.75) is 90.0 Å². The highest BCUT2D eigenvalue weighted by Crippen LogP contribution is 2.42. The lowest BCUT2D eigenvalue weighted by atomic mass is 9.69. The Balaban J connectivity index is 1.43. The van der Waals surface area contributed by atoms with E-state index in [4.69, 9.17) is 4.84 Å². The minimum Gasteiger partial charge on any atom is -0.277 e. The molecule has 146 valence electrons. The first-order chi connectivity index (χ1) is 12.8. The van der Waals surface area contributed by atoms with Crippen LogP contribution in [0.25, 0.3) is 0 Å². The van der Waals surface area contributed by atoms with Crippen molar-refractivity contribution in [2.24, 2.45) is 17.8 Å². The number of anilines is 1. The average molecular weight is 358 g/mol. The Kier molecular flexibility index (Phi) is 7.85. The molecule has 26 heavy (non-hydrogen) atoms. The van der Waals surface area contributed by atoms with Crippen LogP contribution in [0, 0.1) is 17.8 Å². The minimum absolute atomic E-state index is 0.545. The monoisotopic (exact) mass is 357 g/mol. The van der Waals surface area contributed by atoms with Crippen molar-refractivity contribution in [1.29, 1.82) is 0 Å². The molecule has 0 amide bonds. The second kappa shape index (κ2) is 10.3. The van der Waals surface area contributed by atoms with Crippen LogP contribution in [0.3, 0.4) is 0 Å². The van der Waals surface area contributed by atoms with E-state index in [1.165, 1.54) is 82.7 Å². The number of para-hydroxylation sites is 1. The van der Waals surface area contributed by atoms with Gasteiger partial charge in [-0.25, -0.2) is 0 Å². The number of nitrogens with zero attached hydrogens (tertiary/aromatic N) is 1. The van der Waals surface area contributed by atoms with Crippen LogP contribution in [-0.4, -0.2) is 13.2 Å². The Hall–Kier alpha value is -1.02. The second-order valence-corrected chi connectivity index (χ2v) is 8.69. The molecule has 0 heterocycles. The van der Waals surface area contributed by atoms with Gasteiger partial charge >= 0.3 is 0 Å². The Morgan fingerprint density at radius 2 is 1.46 bits per heavy atom. The van der Waals surface area contributed by atoms with E-state index in [2.05, 4.69) is 42.3 Å². The molecule has 0 unspecified atom stereocenters. The van der Waals surface area contributed by atoms with Crippen molar-refractivity contribution in [3.8, 4) is 0 Å². The highest BCUT2D eigenvalue weighted by atomic mass is 16.7. The van der Waals surface area contributed by atoms with Crippen molar-refractivity contribution in [3.63, 3.8) is 0 Å². The fourth-order valence-electron chi connectivity index (χ4n) is 5.48. The zero-order valence-electron chi connectivity index (χ0n) is 17.0. The fraction of sp³-hybridized carbons (Fsp3) is 0.750. The first kappa shape index (κ1) is 19.7. The minimum atomic E-state index is 0.545. The smallest absolute Gasteiger partial charge is 0.0639 e. The number of hydroxylamine groups is 1. The number of unbranched alkanes of at least 4 members (excludes halogenated alkanes) is 2. The number of benzene rings is 1. The molecule has 2 aliphatic carbocycles. The molecule has 0 bridgehead atoms. The van der Waals surface area contributed by atoms with Crippen LogP contribution in [0.4, 0.5) is 5.69 Å². The van der Waals surface area contributed by atoms with Gasteiger partial charge in [-0.3, -0.25) is 9.90 Å². The van der Waals surface area contributed by atoms with E-state index < -0.39 is 0 Å². The quantitative estimate of drug-likeness (QED) is 0.367. The lowest BCUT2D eigenvalue weighted by molar-refractivity contribution is 0.0964. The van der Waals surface area contributed by atoms with Gasteiger partial charge in [0.1, 0.15) is 0 Å². The Morgan fingerprint density at radius 1 is 0.846 bits per heavy atom. The van der Waals surface area contributed by atoms with Crippen LogP contribution < -0.4 is 5.06 Å². The predicted octanol–water partition coefficient (Wildman–Crippen LogP) is 7.00. The summed E-state index contributed by atoms with van der Waals surface area (Å²) < 4.78 is 0. The molecule has 0 atom stereocenters. The lowest BCUT2D eigenvalue weighted by Gasteiger charge is -2.40. The van der Waals surface area contributed by atoms with Crippen LogP contribution in [0.5, 0.6) is 0 Å². The van der Waals surface area contributed by atoms with E-state index in [1.54, 1.807) is 0 Å². The molecule has 0 aliphatic heterocycles. The molecule has 2 saturated carbocycles. The first-order valence-corrected chi connectivity index (χ1v) is 11.2. The molecule has 0 aromatic heterocycles. The van der Waals surface area contributed by atoms with Crippen LogP contribution in [-0.2, 0) is 4.84 Å². The van der Waals surface area contributed by atoms with Crippen molar-refractivity contribution < 1.29 is 4.84 Å². The van der Waals surface area contributed by atoms with Gasteiger partial charge in [0.05, 0.1) is 18.8 Å². The molecular weight excluding hydrogens is 318 g/mol. The van der Waals surface area contributed by atoms with Crippen LogP contribution >= 0.6 is 0 Å². The maximum absolute atomic E-state index is 5.75. The zero-order chi connectivity index (χ0) is 18.2. The van der Waals surface area contributed by atoms with E-state index in [-0.39, 0.29) is 0 Å². The largest absolute Gasteiger partial charge is 0.277 e. The van der Waals surface area contributed by atoms with E-state index in [0.717, 1.165) is 17.8 Å². The lowest BCUT2D eigenvalue weighted by Crippen LogP contribution is -2.38. The molecule has 0 spiro atoms. The van der Waals surface area contributed by atoms with Crippen molar-refractivity contribution in [2.75, 3.05) is 12.2 Å². The molecule has 2 fully saturated rings. The summed E-state index contributed by atoms with van der Waals surface area (Å²) in [5.41, 5.74) is 1.20. The van der Waals surface area contributed by atoms with Gasteiger partial charge in [0.15, 0.2) is 0 Å². The molecule has 1 aromatic rings. The van der Waals surface area contributed by atoms with E-state index in [9.17, 15) is 0 Å². The summed E-state index contributed by atoms with van der Waals surface area (Å²) in [5.74, 6) is 3.01. The standard InChI is InChI=1S/C24H39NO/c1-3-4-6-9-20-12-14-21(15-13-20)22-16-18-24(19-17-22)25(26-2)23-10-7-5-8-11-23/h5,7-8,10-11,20-22,24H,3-4,6,9,12-19H2,1-2H3. The summed E-state index contributed by atoms with van der Waals surface area (Å²) in [6, 6.07) is 11.2. The van der Waals surface area contributed by atoms with Gasteiger partial charge in [-0.1, -0.05) is 63.6 Å². The molecule has 2 aliphatic rings. The Bertz CT molecular complexity index is 486. The summed E-state index contributed by atoms with van der Waals surface area (Å²) in [5, 5.41) is 2.15. The highest BCUT2D eigenvalue weighted by molar-refractivity contribution is 5.44. The highest BCUT2D eigenvalue weighted by Gasteiger charge is 2.32. The number of rotatable bonds is 8. The summed E-state index contributed by atoms with van der Waals surface area (Å²) >= 11 is 0. The molecule has 0 N–H and O–H groups in total. The van der Waals surface area contributed by atoms with Gasteiger partial charge < -0.3 is 0 Å². The Morgan fingerprint density at radius 3 is 2.04 bits per heavy atom. The molecule has 2 heteroatoms.